The van der Waals surface area contributed by atoms with Crippen LogP contribution >= 0.6 is 0 Å². The fourth-order valence-electron chi connectivity index (χ4n) is 2.84. The van der Waals surface area contributed by atoms with Crippen LogP contribution in [0, 0.1) is 5.82 Å². The molecule has 1 heterocycles. The molecule has 26 heavy (non-hydrogen) atoms. The Labute approximate surface area is 152 Å². The van der Waals surface area contributed by atoms with Crippen molar-refractivity contribution in [3.63, 3.8) is 0 Å². The lowest BCUT2D eigenvalue weighted by Gasteiger charge is -2.24. The largest absolute Gasteiger partial charge is 0.369 e. The quantitative estimate of drug-likeness (QED) is 0.733. The van der Waals surface area contributed by atoms with E-state index in [1.807, 2.05) is 38.2 Å². The molecular weight excluding hydrogens is 331 g/mol. The fraction of sp³-hybridized carbons (Fsp3) is 0.200. The van der Waals surface area contributed by atoms with Gasteiger partial charge in [-0.3, -0.25) is 4.79 Å². The Morgan fingerprint density at radius 3 is 2.62 bits per heavy atom. The van der Waals surface area contributed by atoms with Crippen LogP contribution in [0.25, 0.3) is 0 Å². The monoisotopic (exact) mass is 352 g/mol. The van der Waals surface area contributed by atoms with Crippen molar-refractivity contribution < 1.29 is 9.18 Å². The maximum Gasteiger partial charge on any atom is 0.261 e. The highest BCUT2D eigenvalue weighted by Gasteiger charge is 2.19. The standard InChI is InChI=1S/C20H21FN4O/c1-3-25(20(26)18-9-4-5-10-19(18)21)17-8-6-7-16(11-17)24(2)13-15-12-22-14-23-15/h4-12,14H,3,13H2,1-2H3,(H,22,23). The fourth-order valence-corrected chi connectivity index (χ4v) is 2.84. The number of aromatic amines is 1. The Balaban J connectivity index is 1.85. The van der Waals surface area contributed by atoms with E-state index in [4.69, 9.17) is 0 Å². The van der Waals surface area contributed by atoms with Crippen molar-refractivity contribution in [2.24, 2.45) is 0 Å². The van der Waals surface area contributed by atoms with Crippen LogP contribution in [0.15, 0.2) is 61.1 Å². The first-order valence-electron chi connectivity index (χ1n) is 8.45. The van der Waals surface area contributed by atoms with Gasteiger partial charge in [0, 0.05) is 31.2 Å². The third-order valence-electron chi connectivity index (χ3n) is 4.21. The molecule has 0 saturated heterocycles. The predicted molar refractivity (Wildman–Crippen MR) is 101 cm³/mol. The molecule has 1 amide bonds. The second kappa shape index (κ2) is 7.82. The zero-order chi connectivity index (χ0) is 18.5. The number of nitrogens with zero attached hydrogens (tertiary/aromatic N) is 3. The summed E-state index contributed by atoms with van der Waals surface area (Å²) >= 11 is 0. The number of hydrogen-bond donors (Lipinski definition) is 1. The highest BCUT2D eigenvalue weighted by atomic mass is 19.1. The van der Waals surface area contributed by atoms with E-state index in [1.54, 1.807) is 29.6 Å². The molecular formula is C20H21FN4O. The zero-order valence-electron chi connectivity index (χ0n) is 14.8. The first kappa shape index (κ1) is 17.7. The number of imidazole rings is 1. The first-order chi connectivity index (χ1) is 12.6. The van der Waals surface area contributed by atoms with Gasteiger partial charge in [0.1, 0.15) is 5.82 Å². The number of benzene rings is 2. The number of amides is 1. The maximum atomic E-state index is 14.0. The summed E-state index contributed by atoms with van der Waals surface area (Å²) < 4.78 is 14.0. The number of halogens is 1. The Hall–Kier alpha value is -3.15. The summed E-state index contributed by atoms with van der Waals surface area (Å²) in [6.07, 6.45) is 3.42. The average Bonchev–Trinajstić information content (AvgIpc) is 3.16. The molecule has 5 nitrogen and oxygen atoms in total. The molecule has 6 heteroatoms. The normalized spacial score (nSPS) is 10.6. The van der Waals surface area contributed by atoms with Crippen molar-refractivity contribution in [2.45, 2.75) is 13.5 Å². The van der Waals surface area contributed by atoms with Crippen LogP contribution in [0.5, 0.6) is 0 Å². The van der Waals surface area contributed by atoms with Gasteiger partial charge in [0.05, 0.1) is 24.1 Å². The number of anilines is 2. The summed E-state index contributed by atoms with van der Waals surface area (Å²) in [4.78, 5) is 23.5. The molecule has 3 aromatic rings. The SMILES string of the molecule is CCN(C(=O)c1ccccc1F)c1cccc(N(C)Cc2cnc[nH]2)c1. The van der Waals surface area contributed by atoms with Crippen LogP contribution in [0.1, 0.15) is 23.0 Å². The third kappa shape index (κ3) is 3.74. The van der Waals surface area contributed by atoms with Crippen LogP contribution < -0.4 is 9.80 Å². The summed E-state index contributed by atoms with van der Waals surface area (Å²) in [7, 11) is 1.97. The third-order valence-corrected chi connectivity index (χ3v) is 4.21. The highest BCUT2D eigenvalue weighted by molar-refractivity contribution is 6.06. The van der Waals surface area contributed by atoms with E-state index < -0.39 is 5.82 Å². The number of aromatic nitrogens is 2. The molecule has 0 radical (unpaired) electrons. The first-order valence-corrected chi connectivity index (χ1v) is 8.45. The van der Waals surface area contributed by atoms with Crippen molar-refractivity contribution in [3.8, 4) is 0 Å². The van der Waals surface area contributed by atoms with Gasteiger partial charge < -0.3 is 14.8 Å². The Kier molecular flexibility index (Phi) is 5.31. The molecule has 0 aliphatic carbocycles. The second-order valence-electron chi connectivity index (χ2n) is 5.98. The van der Waals surface area contributed by atoms with Gasteiger partial charge >= 0.3 is 0 Å². The summed E-state index contributed by atoms with van der Waals surface area (Å²) in [6, 6.07) is 13.7. The number of hydrogen-bond acceptors (Lipinski definition) is 3. The topological polar surface area (TPSA) is 52.2 Å². The highest BCUT2D eigenvalue weighted by Crippen LogP contribution is 2.24. The molecule has 0 aliphatic heterocycles. The van der Waals surface area contributed by atoms with Crippen molar-refractivity contribution in [1.29, 1.82) is 0 Å². The van der Waals surface area contributed by atoms with E-state index in [0.717, 1.165) is 17.1 Å². The van der Waals surface area contributed by atoms with Gasteiger partial charge in [-0.1, -0.05) is 18.2 Å². The van der Waals surface area contributed by atoms with Crippen molar-refractivity contribution in [2.75, 3.05) is 23.4 Å². The van der Waals surface area contributed by atoms with E-state index in [2.05, 4.69) is 14.9 Å². The lowest BCUT2D eigenvalue weighted by atomic mass is 10.1. The van der Waals surface area contributed by atoms with Crippen LogP contribution in [0.3, 0.4) is 0 Å². The van der Waals surface area contributed by atoms with Crippen LogP contribution in [0.4, 0.5) is 15.8 Å². The summed E-state index contributed by atoms with van der Waals surface area (Å²) in [5, 5.41) is 0. The van der Waals surface area contributed by atoms with E-state index >= 15 is 0 Å². The number of carbonyl (C=O) groups excluding carboxylic acids is 1. The molecule has 134 valence electrons. The molecule has 1 N–H and O–H groups in total. The van der Waals surface area contributed by atoms with Crippen LogP contribution in [-0.2, 0) is 6.54 Å². The van der Waals surface area contributed by atoms with E-state index in [0.29, 0.717) is 13.1 Å². The van der Waals surface area contributed by atoms with E-state index in [-0.39, 0.29) is 11.5 Å². The van der Waals surface area contributed by atoms with Crippen molar-refractivity contribution in [1.82, 2.24) is 9.97 Å². The van der Waals surface area contributed by atoms with Gasteiger partial charge in [0.25, 0.3) is 5.91 Å². The van der Waals surface area contributed by atoms with Crippen LogP contribution in [-0.4, -0.2) is 29.5 Å². The minimum absolute atomic E-state index is 0.0746. The number of nitrogens with one attached hydrogen (secondary N) is 1. The minimum Gasteiger partial charge on any atom is -0.369 e. The summed E-state index contributed by atoms with van der Waals surface area (Å²) in [6.45, 7) is 2.98. The van der Waals surface area contributed by atoms with Gasteiger partial charge in [-0.25, -0.2) is 9.37 Å². The Morgan fingerprint density at radius 2 is 1.92 bits per heavy atom. The van der Waals surface area contributed by atoms with Gasteiger partial charge in [-0.05, 0) is 37.3 Å². The van der Waals surface area contributed by atoms with Crippen molar-refractivity contribution in [3.05, 3.63) is 78.1 Å². The molecule has 0 saturated carbocycles. The lowest BCUT2D eigenvalue weighted by molar-refractivity contribution is 0.0984. The second-order valence-corrected chi connectivity index (χ2v) is 5.98. The molecule has 1 aromatic heterocycles. The van der Waals surface area contributed by atoms with E-state index in [1.165, 1.54) is 12.1 Å². The van der Waals surface area contributed by atoms with Gasteiger partial charge in [-0.2, -0.15) is 0 Å². The molecule has 0 bridgehead atoms. The summed E-state index contributed by atoms with van der Waals surface area (Å²) in [5.74, 6) is -0.859. The van der Waals surface area contributed by atoms with Gasteiger partial charge in [-0.15, -0.1) is 0 Å². The predicted octanol–water partition coefficient (Wildman–Crippen LogP) is 3.85. The minimum atomic E-state index is -0.511. The van der Waals surface area contributed by atoms with Gasteiger partial charge in [0.15, 0.2) is 0 Å². The smallest absolute Gasteiger partial charge is 0.261 e. The molecule has 3 rings (SSSR count). The molecule has 0 fully saturated rings. The molecule has 0 spiro atoms. The Bertz CT molecular complexity index is 879. The molecule has 0 aliphatic rings. The van der Waals surface area contributed by atoms with Crippen molar-refractivity contribution >= 4 is 17.3 Å². The Morgan fingerprint density at radius 1 is 1.15 bits per heavy atom. The number of H-pyrrole nitrogens is 1. The van der Waals surface area contributed by atoms with Gasteiger partial charge in [0.2, 0.25) is 0 Å². The van der Waals surface area contributed by atoms with Crippen LogP contribution in [0.2, 0.25) is 0 Å². The molecule has 0 unspecified atom stereocenters. The number of rotatable bonds is 6. The lowest BCUT2D eigenvalue weighted by Crippen LogP contribution is -2.31. The van der Waals surface area contributed by atoms with E-state index in [9.17, 15) is 9.18 Å². The maximum absolute atomic E-state index is 14.0. The zero-order valence-corrected chi connectivity index (χ0v) is 14.8. The number of carbonyl (C=O) groups is 1. The summed E-state index contributed by atoms with van der Waals surface area (Å²) in [5.41, 5.74) is 2.75. The molecule has 0 atom stereocenters. The molecule has 2 aromatic carbocycles. The average molecular weight is 352 g/mol.